The molecule has 210 valence electrons. The quantitative estimate of drug-likeness (QED) is 0.323. The molecule has 0 radical (unpaired) electrons. The monoisotopic (exact) mass is 545 g/mol. The van der Waals surface area contributed by atoms with Gasteiger partial charge in [-0.15, -0.1) is 5.10 Å². The molecule has 2 aromatic carbocycles. The van der Waals surface area contributed by atoms with Crippen molar-refractivity contribution in [3.05, 3.63) is 82.0 Å². The minimum Gasteiger partial charge on any atom is -0.483 e. The molecule has 0 spiro atoms. The van der Waals surface area contributed by atoms with Crippen LogP contribution in [0.1, 0.15) is 59.1 Å². The second-order valence-electron chi connectivity index (χ2n) is 10.1. The summed E-state index contributed by atoms with van der Waals surface area (Å²) in [6.07, 6.45) is 2.75. The van der Waals surface area contributed by atoms with E-state index in [1.54, 1.807) is 10.9 Å². The lowest BCUT2D eigenvalue weighted by Crippen LogP contribution is -2.32. The van der Waals surface area contributed by atoms with Crippen LogP contribution in [0.5, 0.6) is 5.88 Å². The van der Waals surface area contributed by atoms with Crippen LogP contribution in [0.25, 0.3) is 11.0 Å². The van der Waals surface area contributed by atoms with Crippen molar-refractivity contribution in [1.29, 1.82) is 0 Å². The molecule has 10 heteroatoms. The first-order valence-electron chi connectivity index (χ1n) is 13.3. The molecule has 2 atom stereocenters. The van der Waals surface area contributed by atoms with Crippen molar-refractivity contribution < 1.29 is 24.5 Å². The molecule has 0 fully saturated rings. The summed E-state index contributed by atoms with van der Waals surface area (Å²) < 4.78 is 7.93. The van der Waals surface area contributed by atoms with Gasteiger partial charge in [-0.3, -0.25) is 14.5 Å². The molecule has 5 rings (SSSR count). The fraction of sp³-hybridized carbons (Fsp3) is 0.367. The largest absolute Gasteiger partial charge is 0.483 e. The van der Waals surface area contributed by atoms with Crippen LogP contribution in [0.4, 0.5) is 0 Å². The van der Waals surface area contributed by atoms with E-state index in [0.29, 0.717) is 0 Å². The van der Waals surface area contributed by atoms with Gasteiger partial charge >= 0.3 is 5.97 Å². The van der Waals surface area contributed by atoms with E-state index >= 15 is 0 Å². The third-order valence-corrected chi connectivity index (χ3v) is 7.44. The summed E-state index contributed by atoms with van der Waals surface area (Å²) in [7, 11) is 1.86. The smallest absolute Gasteiger partial charge is 0.304 e. The number of rotatable bonds is 7. The number of benzene rings is 2. The van der Waals surface area contributed by atoms with Gasteiger partial charge in [-0.05, 0) is 60.2 Å². The van der Waals surface area contributed by atoms with E-state index in [1.807, 2.05) is 32.2 Å². The van der Waals surface area contributed by atoms with E-state index < -0.39 is 5.97 Å². The molecule has 40 heavy (non-hydrogen) atoms. The van der Waals surface area contributed by atoms with Crippen LogP contribution in [0.15, 0.2) is 48.7 Å². The molecule has 2 N–H and O–H groups in total. The van der Waals surface area contributed by atoms with E-state index in [4.69, 9.17) is 14.6 Å². The van der Waals surface area contributed by atoms with Crippen molar-refractivity contribution in [2.75, 3.05) is 6.54 Å². The summed E-state index contributed by atoms with van der Waals surface area (Å²) in [5.74, 6) is -0.395. The molecule has 0 bridgehead atoms. The Morgan fingerprint density at radius 2 is 2.00 bits per heavy atom. The number of carboxylic acids is 1. The van der Waals surface area contributed by atoms with Gasteiger partial charge in [0.1, 0.15) is 11.6 Å². The van der Waals surface area contributed by atoms with Gasteiger partial charge in [-0.2, -0.15) is 0 Å². The molecule has 3 heterocycles. The van der Waals surface area contributed by atoms with Crippen LogP contribution in [0.3, 0.4) is 0 Å². The first-order chi connectivity index (χ1) is 19.2. The summed E-state index contributed by atoms with van der Waals surface area (Å²) in [4.78, 5) is 27.2. The fourth-order valence-electron chi connectivity index (χ4n) is 5.30. The van der Waals surface area contributed by atoms with Crippen molar-refractivity contribution in [2.24, 2.45) is 7.05 Å². The number of ether oxygens (including phenoxy) is 1. The van der Waals surface area contributed by atoms with E-state index in [0.717, 1.165) is 65.2 Å². The maximum absolute atomic E-state index is 12.0. The number of carboxylic acid groups (broad SMARTS) is 2. The predicted molar refractivity (Wildman–Crippen MR) is 150 cm³/mol. The zero-order chi connectivity index (χ0) is 28.8. The number of aryl methyl sites for hydroxylation is 3. The molecule has 1 aliphatic heterocycles. The lowest BCUT2D eigenvalue weighted by Gasteiger charge is -2.25. The van der Waals surface area contributed by atoms with E-state index in [2.05, 4.69) is 58.3 Å². The van der Waals surface area contributed by atoms with Gasteiger partial charge in [-0.25, -0.2) is 9.67 Å². The second kappa shape index (κ2) is 12.7. The molecule has 4 aromatic rings. The first-order valence-corrected chi connectivity index (χ1v) is 13.3. The van der Waals surface area contributed by atoms with Crippen molar-refractivity contribution in [2.45, 2.75) is 58.7 Å². The van der Waals surface area contributed by atoms with Crippen molar-refractivity contribution >= 4 is 23.5 Å². The summed E-state index contributed by atoms with van der Waals surface area (Å²) >= 11 is 0. The van der Waals surface area contributed by atoms with E-state index in [9.17, 15) is 9.90 Å². The van der Waals surface area contributed by atoms with Crippen LogP contribution in [-0.2, 0) is 29.7 Å². The molecule has 0 amide bonds. The average Bonchev–Trinajstić information content (AvgIpc) is 3.21. The van der Waals surface area contributed by atoms with Gasteiger partial charge in [0, 0.05) is 44.4 Å². The maximum atomic E-state index is 12.0. The standard InChI is InChI=1S/C29H33N5O3.CH2O2/c1-5-23-17-34(15-21-7-6-12-30-29(21)37-23)16-22-13-20(9-8-18(22)2)25(14-27(35)36)24-10-11-26-28(19(24)3)31-32-33(26)4;2-1-3/h6-13,23,25H,5,14-17H2,1-4H3,(H,35,36);1H,(H,2,3)/t23-,25?;/m1./s1. The number of hydrogen-bond acceptors (Lipinski definition) is 7. The van der Waals surface area contributed by atoms with Crippen LogP contribution >= 0.6 is 0 Å². The van der Waals surface area contributed by atoms with Gasteiger partial charge in [0.15, 0.2) is 0 Å². The SMILES string of the molecule is CC[C@@H]1CN(Cc2cc(C(CC(=O)O)c3ccc4c(nnn4C)c3C)ccc2C)Cc2cccnc2O1.O=CO. The molecular formula is C30H35N5O5. The predicted octanol–water partition coefficient (Wildman–Crippen LogP) is 4.46. The molecule has 0 saturated carbocycles. The normalized spacial score (nSPS) is 15.8. The van der Waals surface area contributed by atoms with Crippen molar-refractivity contribution in [3.63, 3.8) is 0 Å². The Bertz CT molecular complexity index is 1500. The molecule has 10 nitrogen and oxygen atoms in total. The average molecular weight is 546 g/mol. The first kappa shape index (κ1) is 28.7. The van der Waals surface area contributed by atoms with Crippen LogP contribution in [0, 0.1) is 13.8 Å². The minimum absolute atomic E-state index is 0.00359. The highest BCUT2D eigenvalue weighted by Gasteiger charge is 2.25. The number of carbonyl (C=O) groups is 2. The molecule has 2 aromatic heterocycles. The zero-order valence-corrected chi connectivity index (χ0v) is 23.2. The maximum Gasteiger partial charge on any atom is 0.304 e. The molecule has 1 aliphatic rings. The Morgan fingerprint density at radius 1 is 1.23 bits per heavy atom. The molecule has 0 saturated heterocycles. The van der Waals surface area contributed by atoms with Gasteiger partial charge in [0.05, 0.1) is 11.9 Å². The summed E-state index contributed by atoms with van der Waals surface area (Å²) in [6, 6.07) is 14.4. The Labute approximate surface area is 233 Å². The minimum atomic E-state index is -0.828. The van der Waals surface area contributed by atoms with E-state index in [-0.39, 0.29) is 24.9 Å². The van der Waals surface area contributed by atoms with Crippen LogP contribution in [-0.4, -0.2) is 60.2 Å². The highest BCUT2D eigenvalue weighted by molar-refractivity contribution is 5.80. The second-order valence-corrected chi connectivity index (χ2v) is 10.1. The topological polar surface area (TPSA) is 131 Å². The Balaban J connectivity index is 0.00000118. The van der Waals surface area contributed by atoms with Gasteiger partial charge in [-0.1, -0.05) is 42.5 Å². The van der Waals surface area contributed by atoms with Gasteiger partial charge in [0.25, 0.3) is 6.47 Å². The third-order valence-electron chi connectivity index (χ3n) is 7.44. The number of aliphatic carboxylic acids is 1. The lowest BCUT2D eigenvalue weighted by atomic mass is 9.84. The summed E-state index contributed by atoms with van der Waals surface area (Å²) in [6.45, 7) is 8.31. The molecular weight excluding hydrogens is 510 g/mol. The highest BCUT2D eigenvalue weighted by atomic mass is 16.5. The highest BCUT2D eigenvalue weighted by Crippen LogP contribution is 2.35. The van der Waals surface area contributed by atoms with Crippen molar-refractivity contribution in [1.82, 2.24) is 24.9 Å². The lowest BCUT2D eigenvalue weighted by molar-refractivity contribution is -0.137. The van der Waals surface area contributed by atoms with Gasteiger partial charge in [0.2, 0.25) is 5.88 Å². The number of hydrogen-bond donors (Lipinski definition) is 2. The molecule has 0 aliphatic carbocycles. The third kappa shape index (κ3) is 6.28. The Hall–Kier alpha value is -4.31. The zero-order valence-electron chi connectivity index (χ0n) is 23.2. The van der Waals surface area contributed by atoms with Crippen molar-refractivity contribution in [3.8, 4) is 5.88 Å². The van der Waals surface area contributed by atoms with E-state index in [1.165, 1.54) is 11.1 Å². The Kier molecular flexibility index (Phi) is 9.11. The summed E-state index contributed by atoms with van der Waals surface area (Å²) in [5, 5.41) is 25.2. The van der Waals surface area contributed by atoms with Crippen LogP contribution < -0.4 is 4.74 Å². The van der Waals surface area contributed by atoms with Gasteiger partial charge < -0.3 is 14.9 Å². The summed E-state index contributed by atoms with van der Waals surface area (Å²) in [5.41, 5.74) is 8.14. The number of aromatic nitrogens is 4. The fourth-order valence-corrected chi connectivity index (χ4v) is 5.30. The number of pyridine rings is 1. The number of nitrogens with zero attached hydrogens (tertiary/aromatic N) is 5. The number of fused-ring (bicyclic) bond motifs is 2. The Morgan fingerprint density at radius 3 is 2.73 bits per heavy atom. The molecule has 1 unspecified atom stereocenters. The van der Waals surface area contributed by atoms with Crippen LogP contribution in [0.2, 0.25) is 0 Å².